The smallest absolute Gasteiger partial charge is 0.243 e. The maximum absolute atomic E-state index is 13.2. The number of carbonyl (C=O) groups excluding carboxylic acids is 4. The van der Waals surface area contributed by atoms with Crippen LogP contribution in [0.1, 0.15) is 38.5 Å². The van der Waals surface area contributed by atoms with E-state index in [2.05, 4.69) is 44.5 Å². The first kappa shape index (κ1) is 39.4. The van der Waals surface area contributed by atoms with Crippen LogP contribution in [0.2, 0.25) is 0 Å². The molecule has 4 amide bonds. The first-order chi connectivity index (χ1) is 18.8. The summed E-state index contributed by atoms with van der Waals surface area (Å²) in [5, 5.41) is 37.2. The molecule has 0 aliphatic heterocycles. The largest absolute Gasteiger partial charge is 0.370 e. The lowest BCUT2D eigenvalue weighted by atomic mass is 10.1. The van der Waals surface area contributed by atoms with E-state index in [-0.39, 0.29) is 74.9 Å². The van der Waals surface area contributed by atoms with Crippen LogP contribution < -0.4 is 60.6 Å². The first-order valence-electron chi connectivity index (χ1n) is 12.6. The second kappa shape index (κ2) is 22.0. The Morgan fingerprint density at radius 2 is 0.927 bits per heavy atom. The van der Waals surface area contributed by atoms with Crippen molar-refractivity contribution >= 4 is 66.5 Å². The van der Waals surface area contributed by atoms with Crippen LogP contribution in [0.5, 0.6) is 0 Å². The van der Waals surface area contributed by atoms with Gasteiger partial charge in [-0.3, -0.25) is 35.4 Å². The van der Waals surface area contributed by atoms with Crippen molar-refractivity contribution in [3.05, 3.63) is 0 Å². The van der Waals surface area contributed by atoms with Gasteiger partial charge in [0.1, 0.15) is 18.1 Å². The Balaban J connectivity index is 0. The van der Waals surface area contributed by atoms with Crippen LogP contribution in [-0.4, -0.2) is 91.1 Å². The van der Waals surface area contributed by atoms with Gasteiger partial charge in [-0.2, -0.15) is 12.6 Å². The number of rotatable bonds is 20. The number of hydrogen-bond donors (Lipinski definition) is 15. The molecule has 0 fully saturated rings. The minimum absolute atomic E-state index is 0. The van der Waals surface area contributed by atoms with Gasteiger partial charge in [-0.25, -0.2) is 0 Å². The predicted molar refractivity (Wildman–Crippen MR) is 162 cm³/mol. The summed E-state index contributed by atoms with van der Waals surface area (Å²) in [7, 11) is 0. The van der Waals surface area contributed by atoms with Gasteiger partial charge in [0.2, 0.25) is 23.6 Å². The monoisotopic (exact) mass is 624 g/mol. The van der Waals surface area contributed by atoms with E-state index >= 15 is 0 Å². The van der Waals surface area contributed by atoms with E-state index < -0.39 is 47.8 Å². The lowest BCUT2D eigenvalue weighted by Crippen LogP contribution is -2.57. The molecular formula is C21H45ClN14O4S. The number of hydrogen-bond acceptors (Lipinski definition) is 9. The van der Waals surface area contributed by atoms with Gasteiger partial charge in [-0.05, 0) is 38.5 Å². The average Bonchev–Trinajstić information content (AvgIpc) is 2.87. The van der Waals surface area contributed by atoms with Crippen molar-refractivity contribution in [3.8, 4) is 0 Å². The molecule has 0 aromatic rings. The van der Waals surface area contributed by atoms with Gasteiger partial charge < -0.3 is 60.6 Å². The molecule has 0 aromatic carbocycles. The molecule has 0 radical (unpaired) electrons. The highest BCUT2D eigenvalue weighted by Gasteiger charge is 2.29. The van der Waals surface area contributed by atoms with Gasteiger partial charge in [0, 0.05) is 25.4 Å². The number of nitrogens with one attached hydrogen (secondary N) is 9. The van der Waals surface area contributed by atoms with Crippen molar-refractivity contribution in [1.82, 2.24) is 31.9 Å². The number of nitrogens with two attached hydrogens (primary N) is 5. The molecule has 20 heteroatoms. The highest BCUT2D eigenvalue weighted by Crippen LogP contribution is 2.05. The molecule has 0 heterocycles. The van der Waals surface area contributed by atoms with E-state index in [1.54, 1.807) is 0 Å². The topological polar surface area (TPSA) is 342 Å². The Morgan fingerprint density at radius 3 is 1.24 bits per heavy atom. The highest BCUT2D eigenvalue weighted by molar-refractivity contribution is 7.80. The van der Waals surface area contributed by atoms with E-state index in [1.165, 1.54) is 0 Å². The molecule has 0 aromatic heterocycles. The number of thiol groups is 1. The van der Waals surface area contributed by atoms with E-state index in [0.717, 1.165) is 0 Å². The van der Waals surface area contributed by atoms with E-state index in [1.807, 2.05) is 0 Å². The lowest BCUT2D eigenvalue weighted by molar-refractivity contribution is -0.133. The fourth-order valence-electron chi connectivity index (χ4n) is 3.32. The Bertz CT molecular complexity index is 896. The summed E-state index contributed by atoms with van der Waals surface area (Å²) in [5.41, 5.74) is 27.0. The Labute approximate surface area is 250 Å². The van der Waals surface area contributed by atoms with Crippen LogP contribution in [0, 0.1) is 16.2 Å². The second-order valence-corrected chi connectivity index (χ2v) is 9.19. The van der Waals surface area contributed by atoms with Crippen LogP contribution in [0.4, 0.5) is 0 Å². The van der Waals surface area contributed by atoms with Crippen LogP contribution in [0.25, 0.3) is 0 Å². The normalized spacial score (nSPS) is 13.1. The third-order valence-corrected chi connectivity index (χ3v) is 5.81. The molecule has 0 saturated carbocycles. The first-order valence-corrected chi connectivity index (χ1v) is 13.2. The van der Waals surface area contributed by atoms with Crippen LogP contribution in [-0.2, 0) is 19.2 Å². The molecule has 0 aliphatic rings. The Hall–Kier alpha value is -3.71. The van der Waals surface area contributed by atoms with Gasteiger partial charge in [0.05, 0.1) is 6.04 Å². The minimum Gasteiger partial charge on any atom is -0.370 e. The minimum atomic E-state index is -1.13. The molecule has 18 nitrogen and oxygen atoms in total. The summed E-state index contributed by atoms with van der Waals surface area (Å²) in [6.07, 6.45) is 1.39. The van der Waals surface area contributed by atoms with Crippen molar-refractivity contribution in [3.63, 3.8) is 0 Å². The van der Waals surface area contributed by atoms with Crippen molar-refractivity contribution in [1.29, 1.82) is 16.2 Å². The fourth-order valence-corrected chi connectivity index (χ4v) is 3.48. The third-order valence-electron chi connectivity index (χ3n) is 5.41. The molecule has 4 atom stereocenters. The van der Waals surface area contributed by atoms with Crippen molar-refractivity contribution in [2.75, 3.05) is 25.4 Å². The quantitative estimate of drug-likeness (QED) is 0.0264. The zero-order valence-electron chi connectivity index (χ0n) is 22.8. The molecule has 4 unspecified atom stereocenters. The van der Waals surface area contributed by atoms with E-state index in [4.69, 9.17) is 44.9 Å². The molecule has 0 spiro atoms. The molecule has 236 valence electrons. The van der Waals surface area contributed by atoms with E-state index in [0.29, 0.717) is 19.3 Å². The molecule has 0 saturated heterocycles. The van der Waals surface area contributed by atoms with E-state index in [9.17, 15) is 19.2 Å². The number of halogens is 1. The van der Waals surface area contributed by atoms with Crippen molar-refractivity contribution in [2.45, 2.75) is 62.7 Å². The molecular weight excluding hydrogens is 580 g/mol. The average molecular weight is 625 g/mol. The van der Waals surface area contributed by atoms with Crippen LogP contribution in [0.3, 0.4) is 0 Å². The summed E-state index contributed by atoms with van der Waals surface area (Å²) in [4.78, 5) is 50.7. The summed E-state index contributed by atoms with van der Waals surface area (Å²) in [6, 6.07) is -4.24. The lowest BCUT2D eigenvalue weighted by Gasteiger charge is -2.25. The number of carbonyl (C=O) groups is 4. The number of primary amides is 1. The second-order valence-electron chi connectivity index (χ2n) is 8.82. The Morgan fingerprint density at radius 1 is 0.610 bits per heavy atom. The summed E-state index contributed by atoms with van der Waals surface area (Å²) < 4.78 is 0. The standard InChI is InChI=1S/C21H44N14O4S.ClH/c22-11(10-40)16(37)34-13(5-2-8-31-20(26)27)18(39)35-14(6-3-9-32-21(28)29)17(38)33-12(15(23)36)4-1-7-30-19(24)25;/h11-14,40H,1-10,22H2,(H2,23,36)(H,33,38)(H,34,37)(H,35,39)(H4,24,25,30)(H4,26,27,31)(H4,28,29,32);1H. The highest BCUT2D eigenvalue weighted by atomic mass is 35.5. The van der Waals surface area contributed by atoms with Gasteiger partial charge in [-0.15, -0.1) is 12.4 Å². The van der Waals surface area contributed by atoms with Crippen LogP contribution >= 0.6 is 25.0 Å². The van der Waals surface area contributed by atoms with Crippen LogP contribution in [0.15, 0.2) is 0 Å². The van der Waals surface area contributed by atoms with Crippen molar-refractivity contribution < 1.29 is 19.2 Å². The zero-order chi connectivity index (χ0) is 30.7. The number of amides is 4. The summed E-state index contributed by atoms with van der Waals surface area (Å²) in [5.74, 6) is -3.48. The fraction of sp³-hybridized carbons (Fsp3) is 0.667. The molecule has 0 rings (SSSR count). The van der Waals surface area contributed by atoms with Gasteiger partial charge >= 0.3 is 0 Å². The maximum atomic E-state index is 13.2. The summed E-state index contributed by atoms with van der Waals surface area (Å²) in [6.45, 7) is 0.770. The zero-order valence-corrected chi connectivity index (χ0v) is 24.5. The predicted octanol–water partition coefficient (Wildman–Crippen LogP) is -4.61. The molecule has 19 N–H and O–H groups in total. The maximum Gasteiger partial charge on any atom is 0.243 e. The number of guanidine groups is 3. The van der Waals surface area contributed by atoms with Gasteiger partial charge in [0.25, 0.3) is 0 Å². The van der Waals surface area contributed by atoms with Gasteiger partial charge in [-0.1, -0.05) is 0 Å². The molecule has 0 aliphatic carbocycles. The molecule has 0 bridgehead atoms. The van der Waals surface area contributed by atoms with Crippen molar-refractivity contribution in [2.24, 2.45) is 28.7 Å². The third kappa shape index (κ3) is 19.1. The molecule has 41 heavy (non-hydrogen) atoms. The SMILES string of the molecule is Cl.N=C(N)NCCCC(NC(=O)C(CCCNC(=N)N)NC(=O)C(CCCNC(=N)N)NC(=O)C(N)CS)C(N)=O. The van der Waals surface area contributed by atoms with Gasteiger partial charge in [0.15, 0.2) is 17.9 Å². The Kier molecular flexibility index (Phi) is 21.2. The summed E-state index contributed by atoms with van der Waals surface area (Å²) >= 11 is 4.00.